The summed E-state index contributed by atoms with van der Waals surface area (Å²) in [5.41, 5.74) is 10.0. The molecule has 0 atom stereocenters. The molecule has 11 aromatic rings. The zero-order valence-corrected chi connectivity index (χ0v) is 28.2. The van der Waals surface area contributed by atoms with Crippen LogP contribution in [0, 0.1) is 0 Å². The second kappa shape index (κ2) is 11.0. The first-order chi connectivity index (χ1) is 25.3. The number of benzene rings is 7. The van der Waals surface area contributed by atoms with Crippen LogP contribution >= 0.6 is 11.3 Å². The first kappa shape index (κ1) is 28.3. The molecule has 4 nitrogen and oxygen atoms in total. The van der Waals surface area contributed by atoms with E-state index in [9.17, 15) is 0 Å². The monoisotopic (exact) mass is 668 g/mol. The normalized spacial score (nSPS) is 11.9. The number of fused-ring (bicyclic) bond motifs is 9. The summed E-state index contributed by atoms with van der Waals surface area (Å²) < 4.78 is 6.03. The highest BCUT2D eigenvalue weighted by Gasteiger charge is 2.20. The van der Waals surface area contributed by atoms with E-state index in [1.54, 1.807) is 11.3 Å². The first-order valence-corrected chi connectivity index (χ1v) is 18.0. The number of hydrogen-bond donors (Lipinski definition) is 0. The van der Waals surface area contributed by atoms with Crippen molar-refractivity contribution in [2.75, 3.05) is 0 Å². The fourth-order valence-electron chi connectivity index (χ4n) is 7.90. The molecule has 0 aliphatic rings. The van der Waals surface area contributed by atoms with E-state index < -0.39 is 0 Å². The van der Waals surface area contributed by atoms with E-state index in [0.29, 0.717) is 0 Å². The number of rotatable bonds is 4. The topological polar surface area (TPSA) is 35.6 Å². The predicted molar refractivity (Wildman–Crippen MR) is 214 cm³/mol. The SMILES string of the molecule is c1ccc(-c2nc(-c3cccc(-n4c5ccccc5c5cc6c(cc54)c4ccccc4n6-c4ccccc4)c3)c3c(n2)sc2ccccc23)cc1. The van der Waals surface area contributed by atoms with Gasteiger partial charge in [-0.15, -0.1) is 11.3 Å². The molecule has 0 aliphatic carbocycles. The van der Waals surface area contributed by atoms with E-state index in [-0.39, 0.29) is 0 Å². The van der Waals surface area contributed by atoms with Gasteiger partial charge in [0.2, 0.25) is 0 Å². The molecule has 5 heteroatoms. The summed E-state index contributed by atoms with van der Waals surface area (Å²) >= 11 is 1.73. The third-order valence-electron chi connectivity index (χ3n) is 10.1. The lowest BCUT2D eigenvalue weighted by Crippen LogP contribution is -1.97. The zero-order valence-electron chi connectivity index (χ0n) is 27.4. The smallest absolute Gasteiger partial charge is 0.161 e. The van der Waals surface area contributed by atoms with Crippen LogP contribution in [-0.4, -0.2) is 19.1 Å². The molecule has 4 heterocycles. The van der Waals surface area contributed by atoms with E-state index in [0.717, 1.165) is 44.2 Å². The van der Waals surface area contributed by atoms with Crippen molar-refractivity contribution in [2.45, 2.75) is 0 Å². The van der Waals surface area contributed by atoms with Gasteiger partial charge in [-0.05, 0) is 54.6 Å². The zero-order chi connectivity index (χ0) is 33.5. The van der Waals surface area contributed by atoms with Crippen LogP contribution in [0.1, 0.15) is 0 Å². The molecule has 0 bridgehead atoms. The largest absolute Gasteiger partial charge is 0.309 e. The van der Waals surface area contributed by atoms with Crippen LogP contribution in [0.2, 0.25) is 0 Å². The molecule has 0 saturated carbocycles. The van der Waals surface area contributed by atoms with E-state index in [2.05, 4.69) is 161 Å². The van der Waals surface area contributed by atoms with Crippen molar-refractivity contribution in [3.63, 3.8) is 0 Å². The van der Waals surface area contributed by atoms with Gasteiger partial charge in [-0.2, -0.15) is 0 Å². The van der Waals surface area contributed by atoms with Crippen LogP contribution in [0.3, 0.4) is 0 Å². The molecule has 0 amide bonds. The van der Waals surface area contributed by atoms with E-state index in [1.807, 2.05) is 18.2 Å². The van der Waals surface area contributed by atoms with Crippen LogP contribution in [0.4, 0.5) is 0 Å². The minimum atomic E-state index is 0.740. The van der Waals surface area contributed by atoms with Crippen molar-refractivity contribution < 1.29 is 0 Å². The summed E-state index contributed by atoms with van der Waals surface area (Å²) in [6.45, 7) is 0. The highest BCUT2D eigenvalue weighted by Crippen LogP contribution is 2.42. The lowest BCUT2D eigenvalue weighted by Gasteiger charge is -2.12. The molecule has 0 N–H and O–H groups in total. The molecule has 0 fully saturated rings. The van der Waals surface area contributed by atoms with Gasteiger partial charge in [-0.3, -0.25) is 0 Å². The van der Waals surface area contributed by atoms with Gasteiger partial charge >= 0.3 is 0 Å². The summed E-state index contributed by atoms with van der Waals surface area (Å²) in [6.07, 6.45) is 0. The molecule has 0 spiro atoms. The molecule has 0 aliphatic heterocycles. The van der Waals surface area contributed by atoms with Crippen molar-refractivity contribution in [3.8, 4) is 34.0 Å². The molecular formula is C46H28N4S. The quantitative estimate of drug-likeness (QED) is 0.187. The molecule has 0 unspecified atom stereocenters. The summed E-state index contributed by atoms with van der Waals surface area (Å²) in [5, 5.41) is 7.21. The van der Waals surface area contributed by atoms with E-state index >= 15 is 0 Å². The maximum atomic E-state index is 5.30. The van der Waals surface area contributed by atoms with Gasteiger partial charge in [0.15, 0.2) is 5.82 Å². The second-order valence-corrected chi connectivity index (χ2v) is 14.0. The van der Waals surface area contributed by atoms with Crippen molar-refractivity contribution in [1.82, 2.24) is 19.1 Å². The Bertz CT molecular complexity index is 3130. The van der Waals surface area contributed by atoms with Crippen LogP contribution in [0.15, 0.2) is 170 Å². The van der Waals surface area contributed by atoms with Crippen molar-refractivity contribution in [2.24, 2.45) is 0 Å². The number of aromatic nitrogens is 4. The second-order valence-electron chi connectivity index (χ2n) is 13.0. The molecular weight excluding hydrogens is 641 g/mol. The van der Waals surface area contributed by atoms with Crippen molar-refractivity contribution in [1.29, 1.82) is 0 Å². The third kappa shape index (κ3) is 4.25. The highest BCUT2D eigenvalue weighted by molar-refractivity contribution is 7.25. The summed E-state index contributed by atoms with van der Waals surface area (Å²) in [7, 11) is 0. The molecule has 7 aromatic carbocycles. The fraction of sp³-hybridized carbons (Fsp3) is 0. The van der Waals surface area contributed by atoms with Gasteiger partial charge in [0.05, 0.1) is 27.8 Å². The standard InChI is InChI=1S/C46H28N4S/c1-3-14-29(15-4-1)45-47-44(43-35-22-9-12-25-42(35)51-46(43)48-45)30-16-13-19-32(26-30)50-39-24-11-8-21-34(39)37-27-40-36(28-41(37)50)33-20-7-10-23-38(33)49(40)31-17-5-2-6-18-31/h1-28H. The summed E-state index contributed by atoms with van der Waals surface area (Å²) in [6, 6.07) is 60.7. The minimum absolute atomic E-state index is 0.740. The van der Waals surface area contributed by atoms with Crippen LogP contribution < -0.4 is 0 Å². The Morgan fingerprint density at radius 2 is 0.941 bits per heavy atom. The molecule has 238 valence electrons. The fourth-order valence-corrected chi connectivity index (χ4v) is 8.98. The Morgan fingerprint density at radius 1 is 0.392 bits per heavy atom. The molecule has 11 rings (SSSR count). The van der Waals surface area contributed by atoms with Gasteiger partial charge in [-0.1, -0.05) is 115 Å². The lowest BCUT2D eigenvalue weighted by molar-refractivity contribution is 1.17. The Labute approximate surface area is 297 Å². The summed E-state index contributed by atoms with van der Waals surface area (Å²) in [4.78, 5) is 11.4. The highest BCUT2D eigenvalue weighted by atomic mass is 32.1. The maximum Gasteiger partial charge on any atom is 0.161 e. The molecule has 4 aromatic heterocycles. The molecule has 0 radical (unpaired) electrons. The third-order valence-corrected chi connectivity index (χ3v) is 11.2. The number of nitrogens with zero attached hydrogens (tertiary/aromatic N) is 4. The number of hydrogen-bond acceptors (Lipinski definition) is 3. The Balaban J connectivity index is 1.19. The first-order valence-electron chi connectivity index (χ1n) is 17.2. The van der Waals surface area contributed by atoms with Gasteiger partial charge < -0.3 is 9.13 Å². The van der Waals surface area contributed by atoms with Crippen LogP contribution in [0.25, 0.3) is 97.9 Å². The van der Waals surface area contributed by atoms with E-state index in [1.165, 1.54) is 53.7 Å². The van der Waals surface area contributed by atoms with Gasteiger partial charge in [0.1, 0.15) is 4.83 Å². The average Bonchev–Trinajstić information content (AvgIpc) is 3.85. The maximum absolute atomic E-state index is 5.30. The predicted octanol–water partition coefficient (Wildman–Crippen LogP) is 12.4. The van der Waals surface area contributed by atoms with Gasteiger partial charge in [-0.25, -0.2) is 9.97 Å². The van der Waals surface area contributed by atoms with Crippen LogP contribution in [0.5, 0.6) is 0 Å². The lowest BCUT2D eigenvalue weighted by atomic mass is 10.0. The Kier molecular flexibility index (Phi) is 6.09. The van der Waals surface area contributed by atoms with Gasteiger partial charge in [0.25, 0.3) is 0 Å². The summed E-state index contributed by atoms with van der Waals surface area (Å²) in [5.74, 6) is 0.740. The minimum Gasteiger partial charge on any atom is -0.309 e. The molecule has 0 saturated heterocycles. The average molecular weight is 669 g/mol. The Hall–Kier alpha value is -6.56. The van der Waals surface area contributed by atoms with Crippen molar-refractivity contribution in [3.05, 3.63) is 170 Å². The number of para-hydroxylation sites is 3. The van der Waals surface area contributed by atoms with Crippen LogP contribution in [-0.2, 0) is 0 Å². The Morgan fingerprint density at radius 3 is 1.65 bits per heavy atom. The van der Waals surface area contributed by atoms with Crippen molar-refractivity contribution >= 4 is 75.3 Å². The number of thiophene rings is 1. The van der Waals surface area contributed by atoms with Gasteiger partial charge in [0, 0.05) is 59.5 Å². The van der Waals surface area contributed by atoms with E-state index in [4.69, 9.17) is 9.97 Å². The molecule has 51 heavy (non-hydrogen) atoms.